The molecular formula is C15H21N3O. The van der Waals surface area contributed by atoms with Gasteiger partial charge in [-0.15, -0.1) is 0 Å². The van der Waals surface area contributed by atoms with Gasteiger partial charge in [0, 0.05) is 24.8 Å². The monoisotopic (exact) mass is 259 g/mol. The molecule has 1 heterocycles. The predicted molar refractivity (Wildman–Crippen MR) is 77.7 cm³/mol. The molecule has 4 heteroatoms. The maximum Gasteiger partial charge on any atom is 0.136 e. The molecule has 2 aromatic rings. The van der Waals surface area contributed by atoms with Crippen LogP contribution in [0.15, 0.2) is 24.3 Å². The number of rotatable bonds is 4. The Hall–Kier alpha value is -1.81. The van der Waals surface area contributed by atoms with Gasteiger partial charge in [0.2, 0.25) is 0 Å². The molecule has 0 aliphatic heterocycles. The topological polar surface area (TPSA) is 41.3 Å². The predicted octanol–water partition coefficient (Wildman–Crippen LogP) is 2.69. The fourth-order valence-corrected chi connectivity index (χ4v) is 2.51. The van der Waals surface area contributed by atoms with Crippen molar-refractivity contribution in [1.29, 1.82) is 0 Å². The number of hydrogen-bond donors (Lipinski definition) is 1. The molecule has 0 aliphatic carbocycles. The van der Waals surface area contributed by atoms with E-state index in [1.165, 1.54) is 5.56 Å². The van der Waals surface area contributed by atoms with E-state index in [2.05, 4.69) is 36.0 Å². The van der Waals surface area contributed by atoms with Crippen LogP contribution in [0.4, 0.5) is 11.5 Å². The summed E-state index contributed by atoms with van der Waals surface area (Å²) in [6, 6.07) is 8.27. The highest BCUT2D eigenvalue weighted by molar-refractivity contribution is 5.66. The summed E-state index contributed by atoms with van der Waals surface area (Å²) in [6.07, 6.45) is 0. The van der Waals surface area contributed by atoms with Gasteiger partial charge in [0.05, 0.1) is 12.3 Å². The maximum atomic E-state index is 9.59. The molecule has 4 nitrogen and oxygen atoms in total. The van der Waals surface area contributed by atoms with Crippen molar-refractivity contribution in [3.8, 4) is 0 Å². The Labute approximate surface area is 114 Å². The molecule has 1 aromatic carbocycles. The highest BCUT2D eigenvalue weighted by atomic mass is 16.3. The van der Waals surface area contributed by atoms with Crippen LogP contribution in [0.2, 0.25) is 0 Å². The van der Waals surface area contributed by atoms with Crippen molar-refractivity contribution < 1.29 is 5.11 Å². The summed E-state index contributed by atoms with van der Waals surface area (Å²) in [4.78, 5) is 2.20. The minimum atomic E-state index is 0.0113. The zero-order chi connectivity index (χ0) is 14.0. The molecule has 0 unspecified atom stereocenters. The Morgan fingerprint density at radius 3 is 2.53 bits per heavy atom. The fourth-order valence-electron chi connectivity index (χ4n) is 2.51. The average molecular weight is 259 g/mol. The molecule has 0 radical (unpaired) electrons. The molecule has 19 heavy (non-hydrogen) atoms. The third kappa shape index (κ3) is 2.36. The molecule has 0 amide bonds. The van der Waals surface area contributed by atoms with E-state index in [-0.39, 0.29) is 6.61 Å². The number of benzene rings is 1. The van der Waals surface area contributed by atoms with E-state index >= 15 is 0 Å². The largest absolute Gasteiger partial charge is 0.391 e. The quantitative estimate of drug-likeness (QED) is 0.918. The lowest BCUT2D eigenvalue weighted by molar-refractivity contribution is 0.281. The van der Waals surface area contributed by atoms with Crippen molar-refractivity contribution in [1.82, 2.24) is 9.78 Å². The molecule has 0 bridgehead atoms. The van der Waals surface area contributed by atoms with Crippen LogP contribution in [0.5, 0.6) is 0 Å². The van der Waals surface area contributed by atoms with Crippen LogP contribution in [0.1, 0.15) is 23.7 Å². The van der Waals surface area contributed by atoms with E-state index in [1.54, 1.807) is 0 Å². The van der Waals surface area contributed by atoms with Crippen LogP contribution in [-0.2, 0) is 13.7 Å². The number of nitrogens with zero attached hydrogens (tertiary/aromatic N) is 3. The summed E-state index contributed by atoms with van der Waals surface area (Å²) in [6.45, 7) is 6.98. The summed E-state index contributed by atoms with van der Waals surface area (Å²) in [5.74, 6) is 0.969. The first kappa shape index (κ1) is 13.6. The van der Waals surface area contributed by atoms with E-state index < -0.39 is 0 Å². The molecule has 0 aliphatic rings. The molecule has 0 spiro atoms. The minimum absolute atomic E-state index is 0.0113. The zero-order valence-corrected chi connectivity index (χ0v) is 12.0. The van der Waals surface area contributed by atoms with Gasteiger partial charge in [-0.25, -0.2) is 0 Å². The van der Waals surface area contributed by atoms with Crippen molar-refractivity contribution >= 4 is 11.5 Å². The summed E-state index contributed by atoms with van der Waals surface area (Å²) in [5.41, 5.74) is 4.15. The zero-order valence-electron chi connectivity index (χ0n) is 12.0. The number of anilines is 2. The van der Waals surface area contributed by atoms with E-state index in [9.17, 15) is 5.11 Å². The van der Waals surface area contributed by atoms with Gasteiger partial charge < -0.3 is 10.0 Å². The second kappa shape index (κ2) is 5.45. The van der Waals surface area contributed by atoms with Gasteiger partial charge in [-0.1, -0.05) is 18.2 Å². The highest BCUT2D eigenvalue weighted by Gasteiger charge is 2.19. The number of hydrogen-bond acceptors (Lipinski definition) is 3. The van der Waals surface area contributed by atoms with Gasteiger partial charge in [0.15, 0.2) is 0 Å². The van der Waals surface area contributed by atoms with Gasteiger partial charge in [-0.2, -0.15) is 5.10 Å². The van der Waals surface area contributed by atoms with Crippen LogP contribution >= 0.6 is 0 Å². The SMILES string of the molecule is CCN(c1ccccc1C)c1c(CO)c(C)nn1C. The first-order chi connectivity index (χ1) is 9.10. The lowest BCUT2D eigenvalue weighted by Crippen LogP contribution is -2.21. The Balaban J connectivity index is 2.58. The van der Waals surface area contributed by atoms with Crippen LogP contribution < -0.4 is 4.90 Å². The summed E-state index contributed by atoms with van der Waals surface area (Å²) >= 11 is 0. The van der Waals surface area contributed by atoms with Crippen molar-refractivity contribution in [2.45, 2.75) is 27.4 Å². The minimum Gasteiger partial charge on any atom is -0.391 e. The van der Waals surface area contributed by atoms with Crippen molar-refractivity contribution in [2.24, 2.45) is 7.05 Å². The van der Waals surface area contributed by atoms with Gasteiger partial charge in [-0.3, -0.25) is 4.68 Å². The lowest BCUT2D eigenvalue weighted by Gasteiger charge is -2.26. The molecule has 1 N–H and O–H groups in total. The second-order valence-electron chi connectivity index (χ2n) is 4.70. The first-order valence-electron chi connectivity index (χ1n) is 6.56. The molecule has 1 aromatic heterocycles. The molecule has 0 atom stereocenters. The van der Waals surface area contributed by atoms with Gasteiger partial charge >= 0.3 is 0 Å². The van der Waals surface area contributed by atoms with Crippen molar-refractivity contribution in [3.63, 3.8) is 0 Å². The number of aliphatic hydroxyl groups excluding tert-OH is 1. The molecule has 0 fully saturated rings. The summed E-state index contributed by atoms with van der Waals surface area (Å²) in [5, 5.41) is 14.0. The third-order valence-electron chi connectivity index (χ3n) is 3.45. The molecular weight excluding hydrogens is 238 g/mol. The van der Waals surface area contributed by atoms with E-state index in [0.717, 1.165) is 29.3 Å². The number of aryl methyl sites for hydroxylation is 3. The first-order valence-corrected chi connectivity index (χ1v) is 6.56. The van der Waals surface area contributed by atoms with Crippen LogP contribution in [0.25, 0.3) is 0 Å². The lowest BCUT2D eigenvalue weighted by atomic mass is 10.1. The van der Waals surface area contributed by atoms with E-state index in [1.807, 2.05) is 30.8 Å². The molecule has 0 saturated carbocycles. The van der Waals surface area contributed by atoms with Crippen LogP contribution in [0, 0.1) is 13.8 Å². The Bertz CT molecular complexity index is 575. The van der Waals surface area contributed by atoms with Crippen LogP contribution in [0.3, 0.4) is 0 Å². The number of aromatic nitrogens is 2. The van der Waals surface area contributed by atoms with Crippen molar-refractivity contribution in [3.05, 3.63) is 41.1 Å². The van der Waals surface area contributed by atoms with Gasteiger partial charge in [-0.05, 0) is 32.4 Å². The highest BCUT2D eigenvalue weighted by Crippen LogP contribution is 2.31. The maximum absolute atomic E-state index is 9.59. The number of para-hydroxylation sites is 1. The summed E-state index contributed by atoms with van der Waals surface area (Å²) < 4.78 is 1.84. The Kier molecular flexibility index (Phi) is 3.90. The Morgan fingerprint density at radius 1 is 1.26 bits per heavy atom. The second-order valence-corrected chi connectivity index (χ2v) is 4.70. The molecule has 2 rings (SSSR count). The summed E-state index contributed by atoms with van der Waals surface area (Å²) in [7, 11) is 1.92. The van der Waals surface area contributed by atoms with E-state index in [0.29, 0.717) is 0 Å². The van der Waals surface area contributed by atoms with Gasteiger partial charge in [0.25, 0.3) is 0 Å². The Morgan fingerprint density at radius 2 is 1.95 bits per heavy atom. The standard InChI is InChI=1S/C15H21N3O/c1-5-18(14-9-7-6-8-11(14)2)15-13(10-19)12(3)16-17(15)4/h6-9,19H,5,10H2,1-4H3. The third-order valence-corrected chi connectivity index (χ3v) is 3.45. The smallest absolute Gasteiger partial charge is 0.136 e. The molecule has 0 saturated heterocycles. The average Bonchev–Trinajstić information content (AvgIpc) is 2.67. The van der Waals surface area contributed by atoms with Crippen LogP contribution in [-0.4, -0.2) is 21.4 Å². The fraction of sp³-hybridized carbons (Fsp3) is 0.400. The van der Waals surface area contributed by atoms with Gasteiger partial charge in [0.1, 0.15) is 5.82 Å². The normalized spacial score (nSPS) is 10.8. The van der Waals surface area contributed by atoms with E-state index in [4.69, 9.17) is 0 Å². The number of aliphatic hydroxyl groups is 1. The molecule has 102 valence electrons. The van der Waals surface area contributed by atoms with Crippen molar-refractivity contribution in [2.75, 3.05) is 11.4 Å².